The lowest BCUT2D eigenvalue weighted by Crippen LogP contribution is -2.37. The van der Waals surface area contributed by atoms with Crippen LogP contribution in [0.15, 0.2) is 30.9 Å². The van der Waals surface area contributed by atoms with E-state index in [1.807, 2.05) is 6.20 Å². The van der Waals surface area contributed by atoms with Crippen LogP contribution >= 0.6 is 0 Å². The summed E-state index contributed by atoms with van der Waals surface area (Å²) in [7, 11) is 0. The number of hydrogen-bond acceptors (Lipinski definition) is 0. The fourth-order valence-corrected chi connectivity index (χ4v) is 4.58. The fourth-order valence-electron chi connectivity index (χ4n) is 4.58. The highest BCUT2D eigenvalue weighted by Crippen LogP contribution is 2.23. The van der Waals surface area contributed by atoms with Gasteiger partial charge in [-0.3, -0.25) is 4.98 Å². The maximum atomic E-state index is 3.24. The summed E-state index contributed by atoms with van der Waals surface area (Å²) >= 11 is 0. The topological polar surface area (TPSA) is 19.7 Å². The molecule has 0 aliphatic rings. The van der Waals surface area contributed by atoms with Crippen LogP contribution in [0.25, 0.3) is 0 Å². The Balaban J connectivity index is 1.77. The third kappa shape index (κ3) is 7.81. The summed E-state index contributed by atoms with van der Waals surface area (Å²) in [6.45, 7) is 9.04. The number of aryl methyl sites for hydroxylation is 3. The molecule has 1 aromatic heterocycles. The second kappa shape index (κ2) is 12.8. The molecule has 0 aliphatic heterocycles. The van der Waals surface area contributed by atoms with Crippen molar-refractivity contribution < 1.29 is 4.57 Å². The minimum Gasteiger partial charge on any atom is -0.250 e. The molecule has 1 N–H and O–H groups in total. The molecule has 0 fully saturated rings. The molecule has 0 radical (unpaired) electrons. The van der Waals surface area contributed by atoms with Crippen molar-refractivity contribution in [2.45, 2.75) is 111 Å². The van der Waals surface area contributed by atoms with E-state index in [0.29, 0.717) is 6.04 Å². The first-order valence-electron chi connectivity index (χ1n) is 11.7. The summed E-state index contributed by atoms with van der Waals surface area (Å²) in [6, 6.07) is 5.28. The van der Waals surface area contributed by atoms with E-state index in [1.54, 1.807) is 5.56 Å². The molecule has 2 rings (SSSR count). The molecule has 0 amide bonds. The van der Waals surface area contributed by atoms with Gasteiger partial charge in [-0.05, 0) is 63.1 Å². The SMILES string of the molecule is CCCCCCCCCCCC(CCc1c(C)cc(C)cc1C)[n+]1cc[nH]c1. The second-order valence-corrected chi connectivity index (χ2v) is 8.75. The second-order valence-electron chi connectivity index (χ2n) is 8.75. The van der Waals surface area contributed by atoms with E-state index in [9.17, 15) is 0 Å². The Bertz CT molecular complexity index is 634. The molecular formula is C26H43N2+. The van der Waals surface area contributed by atoms with Gasteiger partial charge in [0.25, 0.3) is 0 Å². The molecule has 2 nitrogen and oxygen atoms in total. The van der Waals surface area contributed by atoms with Crippen molar-refractivity contribution in [3.63, 3.8) is 0 Å². The summed E-state index contributed by atoms with van der Waals surface area (Å²) in [5, 5.41) is 0. The summed E-state index contributed by atoms with van der Waals surface area (Å²) in [6.07, 6.45) is 22.7. The van der Waals surface area contributed by atoms with E-state index < -0.39 is 0 Å². The van der Waals surface area contributed by atoms with Gasteiger partial charge < -0.3 is 0 Å². The lowest BCUT2D eigenvalue weighted by atomic mass is 9.93. The van der Waals surface area contributed by atoms with Gasteiger partial charge in [0.05, 0.1) is 0 Å². The Hall–Kier alpha value is -1.57. The molecule has 28 heavy (non-hydrogen) atoms. The smallest absolute Gasteiger partial charge is 0.241 e. The average Bonchev–Trinajstić information content (AvgIpc) is 3.18. The minimum absolute atomic E-state index is 0.607. The standard InChI is InChI=1S/C26H42N2/c1-5-6-7-8-9-10-11-12-13-14-25(28-18-17-27-21-28)15-16-26-23(3)19-22(2)20-24(26)4/h17-21,25H,5-16H2,1-4H3/p+1. The van der Waals surface area contributed by atoms with Gasteiger partial charge in [0, 0.05) is 0 Å². The maximum absolute atomic E-state index is 3.24. The van der Waals surface area contributed by atoms with Crippen molar-refractivity contribution in [2.24, 2.45) is 0 Å². The highest BCUT2D eigenvalue weighted by atomic mass is 15.0. The molecular weight excluding hydrogens is 340 g/mol. The molecule has 2 aromatic rings. The van der Waals surface area contributed by atoms with Crippen LogP contribution in [0.5, 0.6) is 0 Å². The van der Waals surface area contributed by atoms with Crippen molar-refractivity contribution in [2.75, 3.05) is 0 Å². The van der Waals surface area contributed by atoms with Gasteiger partial charge in [0.1, 0.15) is 18.4 Å². The van der Waals surface area contributed by atoms with E-state index in [2.05, 4.69) is 61.9 Å². The number of imidazole rings is 1. The summed E-state index contributed by atoms with van der Waals surface area (Å²) in [4.78, 5) is 3.24. The number of aromatic nitrogens is 2. The molecule has 0 saturated carbocycles. The summed E-state index contributed by atoms with van der Waals surface area (Å²) in [5.74, 6) is 0. The third-order valence-electron chi connectivity index (χ3n) is 6.20. The van der Waals surface area contributed by atoms with Crippen LogP contribution in [0.2, 0.25) is 0 Å². The van der Waals surface area contributed by atoms with Crippen LogP contribution in [0.3, 0.4) is 0 Å². The maximum Gasteiger partial charge on any atom is 0.241 e. The van der Waals surface area contributed by atoms with Gasteiger partial charge in [-0.25, -0.2) is 4.57 Å². The van der Waals surface area contributed by atoms with Gasteiger partial charge in [0.15, 0.2) is 0 Å². The number of benzene rings is 1. The number of nitrogens with zero attached hydrogens (tertiary/aromatic N) is 1. The molecule has 2 heteroatoms. The number of hydrogen-bond donors (Lipinski definition) is 1. The predicted octanol–water partition coefficient (Wildman–Crippen LogP) is 7.32. The number of H-pyrrole nitrogens is 1. The first-order chi connectivity index (χ1) is 13.6. The zero-order valence-electron chi connectivity index (χ0n) is 18.9. The number of aromatic amines is 1. The Labute approximate surface area is 173 Å². The van der Waals surface area contributed by atoms with E-state index in [-0.39, 0.29) is 0 Å². The first kappa shape index (κ1) is 22.7. The Morgan fingerprint density at radius 2 is 1.43 bits per heavy atom. The minimum atomic E-state index is 0.607. The van der Waals surface area contributed by atoms with Crippen LogP contribution < -0.4 is 4.57 Å². The molecule has 1 heterocycles. The number of unbranched alkanes of at least 4 members (excludes halogenated alkanes) is 8. The van der Waals surface area contributed by atoms with Gasteiger partial charge in [-0.2, -0.15) is 0 Å². The van der Waals surface area contributed by atoms with Crippen molar-refractivity contribution in [3.05, 3.63) is 53.1 Å². The van der Waals surface area contributed by atoms with Crippen LogP contribution in [0, 0.1) is 20.8 Å². The van der Waals surface area contributed by atoms with Crippen LogP contribution in [-0.4, -0.2) is 4.98 Å². The molecule has 0 saturated heterocycles. The van der Waals surface area contributed by atoms with Gasteiger partial charge in [-0.15, -0.1) is 0 Å². The summed E-state index contributed by atoms with van der Waals surface area (Å²) in [5.41, 5.74) is 5.85. The predicted molar refractivity (Wildman–Crippen MR) is 121 cm³/mol. The van der Waals surface area contributed by atoms with E-state index >= 15 is 0 Å². The van der Waals surface area contributed by atoms with Gasteiger partial charge >= 0.3 is 0 Å². The van der Waals surface area contributed by atoms with Crippen molar-refractivity contribution in [1.82, 2.24) is 4.98 Å². The molecule has 1 atom stereocenters. The highest BCUT2D eigenvalue weighted by molar-refractivity contribution is 5.37. The van der Waals surface area contributed by atoms with E-state index in [4.69, 9.17) is 0 Å². The number of rotatable bonds is 14. The van der Waals surface area contributed by atoms with E-state index in [0.717, 1.165) is 0 Å². The average molecular weight is 384 g/mol. The van der Waals surface area contributed by atoms with Crippen LogP contribution in [0.1, 0.15) is 106 Å². The highest BCUT2D eigenvalue weighted by Gasteiger charge is 2.16. The summed E-state index contributed by atoms with van der Waals surface area (Å²) < 4.78 is 2.39. The largest absolute Gasteiger partial charge is 0.250 e. The van der Waals surface area contributed by atoms with Crippen LogP contribution in [0.4, 0.5) is 0 Å². The molecule has 1 aromatic carbocycles. The fraction of sp³-hybridized carbons (Fsp3) is 0.654. The molecule has 0 aliphatic carbocycles. The van der Waals surface area contributed by atoms with Crippen molar-refractivity contribution >= 4 is 0 Å². The Kier molecular flexibility index (Phi) is 10.4. The molecule has 0 spiro atoms. The lowest BCUT2D eigenvalue weighted by molar-refractivity contribution is -0.723. The first-order valence-corrected chi connectivity index (χ1v) is 11.7. The van der Waals surface area contributed by atoms with Crippen LogP contribution in [-0.2, 0) is 6.42 Å². The van der Waals surface area contributed by atoms with Gasteiger partial charge in [0.2, 0.25) is 6.33 Å². The van der Waals surface area contributed by atoms with Gasteiger partial charge in [-0.1, -0.05) is 76.0 Å². The number of nitrogens with one attached hydrogen (secondary N) is 1. The molecule has 156 valence electrons. The Morgan fingerprint density at radius 3 is 2.00 bits per heavy atom. The van der Waals surface area contributed by atoms with Crippen molar-refractivity contribution in [1.29, 1.82) is 0 Å². The zero-order chi connectivity index (χ0) is 20.2. The molecule has 1 unspecified atom stereocenters. The normalized spacial score (nSPS) is 12.4. The third-order valence-corrected chi connectivity index (χ3v) is 6.20. The zero-order valence-corrected chi connectivity index (χ0v) is 18.9. The Morgan fingerprint density at radius 1 is 0.821 bits per heavy atom. The van der Waals surface area contributed by atoms with E-state index in [1.165, 1.54) is 93.7 Å². The quantitative estimate of drug-likeness (QED) is 0.260. The lowest BCUT2D eigenvalue weighted by Gasteiger charge is -2.16. The molecule has 0 bridgehead atoms. The van der Waals surface area contributed by atoms with Crippen molar-refractivity contribution in [3.8, 4) is 0 Å². The monoisotopic (exact) mass is 383 g/mol.